The van der Waals surface area contributed by atoms with E-state index in [4.69, 9.17) is 0 Å². The molecule has 0 aromatic rings. The number of hydrogen-bond acceptors (Lipinski definition) is 0. The van der Waals surface area contributed by atoms with Crippen molar-refractivity contribution in [2.24, 2.45) is 0 Å². The van der Waals surface area contributed by atoms with E-state index < -0.39 is 0 Å². The van der Waals surface area contributed by atoms with Crippen molar-refractivity contribution >= 4 is 0 Å². The first-order valence-corrected chi connectivity index (χ1v) is 5.48. The number of hydrogen-bond donors (Lipinski definition) is 0. The third-order valence-electron chi connectivity index (χ3n) is 2.18. The SMILES string of the molecule is [CH]1/C=C/C=C\C=C\CCCCC/C=C/1. The maximum Gasteiger partial charge on any atom is 0.00473 e. The van der Waals surface area contributed by atoms with Gasteiger partial charge >= 0.3 is 0 Å². The quantitative estimate of drug-likeness (QED) is 0.528. The zero-order valence-corrected chi connectivity index (χ0v) is 8.73. The van der Waals surface area contributed by atoms with E-state index in [1.54, 1.807) is 0 Å². The van der Waals surface area contributed by atoms with Gasteiger partial charge in [-0.05, 0) is 25.7 Å². The number of rotatable bonds is 0. The molecule has 1 rings (SSSR count). The lowest BCUT2D eigenvalue weighted by Gasteiger charge is -1.94. The lowest BCUT2D eigenvalue weighted by Crippen LogP contribution is -1.75. The molecule has 0 saturated carbocycles. The van der Waals surface area contributed by atoms with Crippen LogP contribution in [0, 0.1) is 6.42 Å². The van der Waals surface area contributed by atoms with E-state index in [-0.39, 0.29) is 0 Å². The monoisotopic (exact) mass is 187 g/mol. The maximum absolute atomic E-state index is 2.25. The van der Waals surface area contributed by atoms with Gasteiger partial charge in [0, 0.05) is 6.42 Å². The first-order chi connectivity index (χ1) is 7.00. The first kappa shape index (κ1) is 11.0. The fourth-order valence-corrected chi connectivity index (χ4v) is 1.37. The highest BCUT2D eigenvalue weighted by molar-refractivity contribution is 5.17. The molecule has 75 valence electrons. The minimum Gasteiger partial charge on any atom is -0.0879 e. The zero-order chi connectivity index (χ0) is 9.90. The van der Waals surface area contributed by atoms with E-state index in [0.29, 0.717) is 0 Å². The Morgan fingerprint density at radius 3 is 2.00 bits per heavy atom. The lowest BCUT2D eigenvalue weighted by atomic mass is 10.1. The molecule has 0 fully saturated rings. The summed E-state index contributed by atoms with van der Waals surface area (Å²) in [6.07, 6.45) is 25.5. The highest BCUT2D eigenvalue weighted by Gasteiger charge is 1.85. The van der Waals surface area contributed by atoms with Crippen molar-refractivity contribution in [1.82, 2.24) is 0 Å². The van der Waals surface area contributed by atoms with Crippen LogP contribution in [-0.4, -0.2) is 0 Å². The van der Waals surface area contributed by atoms with Crippen molar-refractivity contribution in [2.75, 3.05) is 0 Å². The van der Waals surface area contributed by atoms with E-state index in [1.807, 2.05) is 0 Å². The fraction of sp³-hybridized carbons (Fsp3) is 0.357. The van der Waals surface area contributed by atoms with Crippen LogP contribution in [0.1, 0.15) is 32.1 Å². The molecular formula is C14H19. The molecule has 0 aromatic carbocycles. The van der Waals surface area contributed by atoms with Gasteiger partial charge in [-0.3, -0.25) is 0 Å². The van der Waals surface area contributed by atoms with Crippen molar-refractivity contribution in [3.8, 4) is 0 Å². The van der Waals surface area contributed by atoms with E-state index in [0.717, 1.165) is 0 Å². The largest absolute Gasteiger partial charge is 0.0879 e. The van der Waals surface area contributed by atoms with Gasteiger partial charge in [-0.2, -0.15) is 0 Å². The Kier molecular flexibility index (Phi) is 6.74. The molecule has 0 amide bonds. The molecule has 0 saturated heterocycles. The molecule has 0 N–H and O–H groups in total. The molecule has 0 heterocycles. The second kappa shape index (κ2) is 8.55. The molecule has 0 bridgehead atoms. The van der Waals surface area contributed by atoms with Crippen LogP contribution in [0.3, 0.4) is 0 Å². The van der Waals surface area contributed by atoms with Crippen LogP contribution in [-0.2, 0) is 0 Å². The molecule has 0 heteroatoms. The fourth-order valence-electron chi connectivity index (χ4n) is 1.37. The van der Waals surface area contributed by atoms with E-state index >= 15 is 0 Å². The molecule has 1 radical (unpaired) electrons. The molecule has 14 heavy (non-hydrogen) atoms. The van der Waals surface area contributed by atoms with Crippen LogP contribution in [0.15, 0.2) is 48.6 Å². The average molecular weight is 187 g/mol. The summed E-state index contributed by atoms with van der Waals surface area (Å²) in [7, 11) is 0. The van der Waals surface area contributed by atoms with Crippen LogP contribution in [0.4, 0.5) is 0 Å². The van der Waals surface area contributed by atoms with Gasteiger partial charge in [0.1, 0.15) is 0 Å². The van der Waals surface area contributed by atoms with Crippen molar-refractivity contribution in [2.45, 2.75) is 32.1 Å². The summed E-state index contributed by atoms with van der Waals surface area (Å²) in [4.78, 5) is 0. The maximum atomic E-state index is 2.25. The molecular weight excluding hydrogens is 168 g/mol. The Morgan fingerprint density at radius 2 is 1.14 bits per heavy atom. The molecule has 0 nitrogen and oxygen atoms in total. The molecule has 0 aliphatic heterocycles. The second-order valence-electron chi connectivity index (χ2n) is 3.46. The van der Waals surface area contributed by atoms with Crippen LogP contribution >= 0.6 is 0 Å². The van der Waals surface area contributed by atoms with Crippen molar-refractivity contribution in [1.29, 1.82) is 0 Å². The van der Waals surface area contributed by atoms with Crippen molar-refractivity contribution in [3.63, 3.8) is 0 Å². The topological polar surface area (TPSA) is 0 Å². The van der Waals surface area contributed by atoms with Gasteiger partial charge in [0.25, 0.3) is 0 Å². The third kappa shape index (κ3) is 6.47. The Balaban J connectivity index is 2.36. The van der Waals surface area contributed by atoms with Crippen LogP contribution in [0.2, 0.25) is 0 Å². The summed E-state index contributed by atoms with van der Waals surface area (Å²) in [6, 6.07) is 0. The highest BCUT2D eigenvalue weighted by atomic mass is 13.9. The Hall–Kier alpha value is -1.04. The minimum absolute atomic E-state index is 1.21. The first-order valence-electron chi connectivity index (χ1n) is 5.48. The van der Waals surface area contributed by atoms with Crippen molar-refractivity contribution in [3.05, 3.63) is 55.0 Å². The van der Waals surface area contributed by atoms with E-state index in [9.17, 15) is 0 Å². The summed E-state index contributed by atoms with van der Waals surface area (Å²) >= 11 is 0. The number of allylic oxidation sites excluding steroid dienone is 8. The van der Waals surface area contributed by atoms with Gasteiger partial charge in [-0.1, -0.05) is 55.0 Å². The normalized spacial score (nSPS) is 28.6. The summed E-state index contributed by atoms with van der Waals surface area (Å²) in [5.74, 6) is 0. The molecule has 0 unspecified atom stereocenters. The van der Waals surface area contributed by atoms with E-state index in [1.165, 1.54) is 32.1 Å². The van der Waals surface area contributed by atoms with Gasteiger partial charge < -0.3 is 0 Å². The smallest absolute Gasteiger partial charge is 0.00473 e. The van der Waals surface area contributed by atoms with Gasteiger partial charge in [-0.15, -0.1) is 0 Å². The minimum atomic E-state index is 1.21. The summed E-state index contributed by atoms with van der Waals surface area (Å²) < 4.78 is 0. The Bertz CT molecular complexity index is 228. The van der Waals surface area contributed by atoms with Crippen LogP contribution in [0.5, 0.6) is 0 Å². The standard InChI is InChI=1S/C14H19/c1-2-4-6-8-10-12-14-13-11-9-7-5-3-1/h1-9H,10-14H2/b2-1+,5-3-,8-6+,9-7+. The molecule has 0 aromatic heterocycles. The van der Waals surface area contributed by atoms with Crippen molar-refractivity contribution < 1.29 is 0 Å². The van der Waals surface area contributed by atoms with Gasteiger partial charge in [0.05, 0.1) is 0 Å². The van der Waals surface area contributed by atoms with Gasteiger partial charge in [0.15, 0.2) is 0 Å². The summed E-state index contributed by atoms with van der Waals surface area (Å²) in [5, 5.41) is 0. The molecule has 0 spiro atoms. The Morgan fingerprint density at radius 1 is 0.500 bits per heavy atom. The molecule has 1 aliphatic carbocycles. The highest BCUT2D eigenvalue weighted by Crippen LogP contribution is 2.05. The molecule has 1 aliphatic rings. The second-order valence-corrected chi connectivity index (χ2v) is 3.46. The van der Waals surface area contributed by atoms with Gasteiger partial charge in [0.2, 0.25) is 0 Å². The predicted molar refractivity (Wildman–Crippen MR) is 63.9 cm³/mol. The Labute approximate surface area is 87.7 Å². The predicted octanol–water partition coefficient (Wildman–Crippen LogP) is 4.38. The van der Waals surface area contributed by atoms with Crippen LogP contribution < -0.4 is 0 Å². The van der Waals surface area contributed by atoms with Crippen LogP contribution in [0.25, 0.3) is 0 Å². The summed E-state index contributed by atoms with van der Waals surface area (Å²) in [6.45, 7) is 0. The van der Waals surface area contributed by atoms with Gasteiger partial charge in [-0.25, -0.2) is 0 Å². The molecule has 0 atom stereocenters. The van der Waals surface area contributed by atoms with E-state index in [2.05, 4.69) is 55.0 Å². The third-order valence-corrected chi connectivity index (χ3v) is 2.18. The average Bonchev–Trinajstić information content (AvgIpc) is 2.22. The zero-order valence-electron chi connectivity index (χ0n) is 8.73. The lowest BCUT2D eigenvalue weighted by molar-refractivity contribution is 0.696. The summed E-state index contributed by atoms with van der Waals surface area (Å²) in [5.41, 5.74) is 0.